The zero-order chi connectivity index (χ0) is 15.4. The zero-order valence-corrected chi connectivity index (χ0v) is 12.0. The summed E-state index contributed by atoms with van der Waals surface area (Å²) in [5.74, 6) is -0.407. The molecule has 0 saturated heterocycles. The molecule has 0 aliphatic rings. The van der Waals surface area contributed by atoms with E-state index in [0.717, 1.165) is 0 Å². The molecule has 4 nitrogen and oxygen atoms in total. The number of hydrogen-bond acceptors (Lipinski definition) is 4. The van der Waals surface area contributed by atoms with Crippen LogP contribution in [0.2, 0.25) is 0 Å². The first-order valence-electron chi connectivity index (χ1n) is 6.76. The topological polar surface area (TPSA) is 62.5 Å². The molecule has 0 aliphatic heterocycles. The number of benzene rings is 1. The Morgan fingerprint density at radius 1 is 1.38 bits per heavy atom. The molecular formula is C16H18FNO3. The first-order valence-corrected chi connectivity index (χ1v) is 6.76. The van der Waals surface area contributed by atoms with Crippen LogP contribution in [0.4, 0.5) is 10.1 Å². The van der Waals surface area contributed by atoms with Gasteiger partial charge in [0.1, 0.15) is 17.7 Å². The lowest BCUT2D eigenvalue weighted by atomic mass is 10.1. The predicted octanol–water partition coefficient (Wildman–Crippen LogP) is 3.55. The monoisotopic (exact) mass is 291 g/mol. The smallest absolute Gasteiger partial charge is 0.164 e. The number of furan rings is 1. The summed E-state index contributed by atoms with van der Waals surface area (Å²) in [6.07, 6.45) is 1.12. The Balaban J connectivity index is 2.08. The minimum Gasteiger partial charge on any atom is -0.467 e. The molecule has 0 saturated carbocycles. The van der Waals surface area contributed by atoms with Crippen molar-refractivity contribution in [3.63, 3.8) is 0 Å². The average Bonchev–Trinajstić information content (AvgIpc) is 2.91. The van der Waals surface area contributed by atoms with Crippen LogP contribution in [-0.4, -0.2) is 16.9 Å². The van der Waals surface area contributed by atoms with Crippen molar-refractivity contribution in [3.8, 4) is 0 Å². The van der Waals surface area contributed by atoms with Gasteiger partial charge in [-0.3, -0.25) is 4.79 Å². The maximum atomic E-state index is 13.7. The summed E-state index contributed by atoms with van der Waals surface area (Å²) >= 11 is 0. The fourth-order valence-corrected chi connectivity index (χ4v) is 2.26. The van der Waals surface area contributed by atoms with E-state index < -0.39 is 11.9 Å². The number of aliphatic hydroxyl groups excluding tert-OH is 1. The van der Waals surface area contributed by atoms with E-state index in [0.29, 0.717) is 17.9 Å². The molecule has 0 bridgehead atoms. The maximum absolute atomic E-state index is 13.7. The number of Topliss-reactive ketones (excluding diaryl/α,β-unsaturated/α-hetero) is 1. The van der Waals surface area contributed by atoms with E-state index in [-0.39, 0.29) is 17.4 Å². The molecule has 0 unspecified atom stereocenters. The van der Waals surface area contributed by atoms with Crippen molar-refractivity contribution >= 4 is 11.5 Å². The van der Waals surface area contributed by atoms with E-state index in [2.05, 4.69) is 5.32 Å². The highest BCUT2D eigenvalue weighted by atomic mass is 19.1. The average molecular weight is 291 g/mol. The molecule has 5 heteroatoms. The van der Waals surface area contributed by atoms with Crippen molar-refractivity contribution < 1.29 is 18.7 Å². The Bertz CT molecular complexity index is 610. The summed E-state index contributed by atoms with van der Waals surface area (Å²) in [6, 6.07) is 7.68. The van der Waals surface area contributed by atoms with Gasteiger partial charge in [-0.2, -0.15) is 0 Å². The molecule has 0 spiro atoms. The highest BCUT2D eigenvalue weighted by Crippen LogP contribution is 2.24. The fourth-order valence-electron chi connectivity index (χ4n) is 2.26. The van der Waals surface area contributed by atoms with Crippen LogP contribution >= 0.6 is 0 Å². The van der Waals surface area contributed by atoms with Crippen molar-refractivity contribution in [2.24, 2.45) is 0 Å². The summed E-state index contributed by atoms with van der Waals surface area (Å²) < 4.78 is 18.8. The van der Waals surface area contributed by atoms with Gasteiger partial charge in [0.2, 0.25) is 0 Å². The van der Waals surface area contributed by atoms with E-state index >= 15 is 0 Å². The number of rotatable bonds is 6. The van der Waals surface area contributed by atoms with E-state index in [1.165, 1.54) is 19.3 Å². The Hall–Kier alpha value is -2.14. The number of nitrogens with one attached hydrogen (secondary N) is 1. The van der Waals surface area contributed by atoms with Gasteiger partial charge in [-0.1, -0.05) is 6.07 Å². The summed E-state index contributed by atoms with van der Waals surface area (Å²) in [4.78, 5) is 11.5. The Kier molecular flexibility index (Phi) is 4.75. The zero-order valence-electron chi connectivity index (χ0n) is 12.0. The molecule has 1 aromatic heterocycles. The van der Waals surface area contributed by atoms with Gasteiger partial charge < -0.3 is 14.8 Å². The molecule has 2 N–H and O–H groups in total. The summed E-state index contributed by atoms with van der Waals surface area (Å²) in [5, 5.41) is 13.1. The molecule has 2 rings (SSSR count). The summed E-state index contributed by atoms with van der Waals surface area (Å²) in [5.41, 5.74) is 0.471. The van der Waals surface area contributed by atoms with Gasteiger partial charge in [0, 0.05) is 18.2 Å². The third-order valence-corrected chi connectivity index (χ3v) is 3.22. The molecule has 0 aliphatic carbocycles. The Labute approximate surface area is 122 Å². The highest BCUT2D eigenvalue weighted by Gasteiger charge is 2.18. The number of halogens is 1. The lowest BCUT2D eigenvalue weighted by Gasteiger charge is -2.19. The second kappa shape index (κ2) is 6.54. The summed E-state index contributed by atoms with van der Waals surface area (Å²) in [6.45, 7) is 3.17. The third-order valence-electron chi connectivity index (χ3n) is 3.22. The van der Waals surface area contributed by atoms with Gasteiger partial charge in [-0.05, 0) is 38.1 Å². The molecule has 0 fully saturated rings. The van der Waals surface area contributed by atoms with Crippen molar-refractivity contribution in [3.05, 3.63) is 53.7 Å². The van der Waals surface area contributed by atoms with Crippen LogP contribution in [0.5, 0.6) is 0 Å². The van der Waals surface area contributed by atoms with Crippen LogP contribution in [0.1, 0.15) is 42.5 Å². The minimum atomic E-state index is -0.753. The van der Waals surface area contributed by atoms with Gasteiger partial charge in [0.25, 0.3) is 0 Å². The van der Waals surface area contributed by atoms with Crippen LogP contribution in [0.3, 0.4) is 0 Å². The molecule has 21 heavy (non-hydrogen) atoms. The normalized spacial score (nSPS) is 13.7. The van der Waals surface area contributed by atoms with Gasteiger partial charge in [-0.15, -0.1) is 0 Å². The van der Waals surface area contributed by atoms with Crippen LogP contribution in [0, 0.1) is 5.82 Å². The van der Waals surface area contributed by atoms with Crippen LogP contribution < -0.4 is 5.32 Å². The van der Waals surface area contributed by atoms with E-state index in [1.54, 1.807) is 24.3 Å². The van der Waals surface area contributed by atoms with Gasteiger partial charge in [0.05, 0.1) is 11.8 Å². The summed E-state index contributed by atoms with van der Waals surface area (Å²) in [7, 11) is 0. The molecule has 112 valence electrons. The Morgan fingerprint density at radius 3 is 2.76 bits per heavy atom. The number of ketones is 1. The molecule has 1 heterocycles. The lowest BCUT2D eigenvalue weighted by molar-refractivity contribution is 0.101. The van der Waals surface area contributed by atoms with E-state index in [1.807, 2.05) is 6.92 Å². The van der Waals surface area contributed by atoms with Crippen LogP contribution in [-0.2, 0) is 0 Å². The number of aliphatic hydroxyl groups is 1. The first kappa shape index (κ1) is 15.3. The lowest BCUT2D eigenvalue weighted by Crippen LogP contribution is -2.20. The van der Waals surface area contributed by atoms with Gasteiger partial charge in [-0.25, -0.2) is 4.39 Å². The predicted molar refractivity (Wildman–Crippen MR) is 77.8 cm³/mol. The number of carbonyl (C=O) groups is 1. The molecular weight excluding hydrogens is 273 g/mol. The molecule has 1 aromatic carbocycles. The largest absolute Gasteiger partial charge is 0.467 e. The van der Waals surface area contributed by atoms with Crippen molar-refractivity contribution in [1.29, 1.82) is 0 Å². The van der Waals surface area contributed by atoms with Crippen LogP contribution in [0.25, 0.3) is 0 Å². The molecule has 0 radical (unpaired) electrons. The van der Waals surface area contributed by atoms with Crippen LogP contribution in [0.15, 0.2) is 41.0 Å². The van der Waals surface area contributed by atoms with Crippen molar-refractivity contribution in [2.45, 2.75) is 32.4 Å². The quantitative estimate of drug-likeness (QED) is 0.799. The fraction of sp³-hybridized carbons (Fsp3) is 0.312. The molecule has 2 aromatic rings. The second-order valence-electron chi connectivity index (χ2n) is 5.03. The SMILES string of the molecule is CC(=O)c1c(F)cccc1N[C@@H](C)C[C@H](O)c1ccco1. The van der Waals surface area contributed by atoms with Gasteiger partial charge >= 0.3 is 0 Å². The molecule has 0 amide bonds. The maximum Gasteiger partial charge on any atom is 0.164 e. The third kappa shape index (κ3) is 3.70. The van der Waals surface area contributed by atoms with Crippen molar-refractivity contribution in [1.82, 2.24) is 0 Å². The minimum absolute atomic E-state index is 0.0387. The number of hydrogen-bond donors (Lipinski definition) is 2. The highest BCUT2D eigenvalue weighted by molar-refractivity contribution is 5.99. The first-order chi connectivity index (χ1) is 9.99. The van der Waals surface area contributed by atoms with Gasteiger partial charge in [0.15, 0.2) is 5.78 Å². The Morgan fingerprint density at radius 2 is 2.14 bits per heavy atom. The number of anilines is 1. The second-order valence-corrected chi connectivity index (χ2v) is 5.03. The number of carbonyl (C=O) groups excluding carboxylic acids is 1. The van der Waals surface area contributed by atoms with Crippen molar-refractivity contribution in [2.75, 3.05) is 5.32 Å². The molecule has 2 atom stereocenters. The van der Waals surface area contributed by atoms with E-state index in [4.69, 9.17) is 4.42 Å². The van der Waals surface area contributed by atoms with E-state index in [9.17, 15) is 14.3 Å². The standard InChI is InChI=1S/C16H18FNO3/c1-10(9-14(20)15-7-4-8-21-15)18-13-6-3-5-12(17)16(13)11(2)19/h3-8,10,14,18,20H,9H2,1-2H3/t10-,14-/m0/s1.